The number of anilines is 2. The third-order valence-electron chi connectivity index (χ3n) is 3.79. The smallest absolute Gasteiger partial charge is 0.226 e. The van der Waals surface area contributed by atoms with Crippen LogP contribution in [-0.2, 0) is 9.59 Å². The lowest BCUT2D eigenvalue weighted by atomic mass is 10.2. The molecule has 132 valence electrons. The molecule has 0 aliphatic rings. The van der Waals surface area contributed by atoms with Crippen LogP contribution in [0.2, 0.25) is 5.02 Å². The van der Waals surface area contributed by atoms with Gasteiger partial charge in [0.25, 0.3) is 0 Å². The molecular formula is C19H21ClN2O3. The maximum atomic E-state index is 12.2. The van der Waals surface area contributed by atoms with E-state index in [1.54, 1.807) is 54.5 Å². The fraction of sp³-hybridized carbons (Fsp3) is 0.263. The van der Waals surface area contributed by atoms with Gasteiger partial charge in [0.15, 0.2) is 0 Å². The van der Waals surface area contributed by atoms with E-state index in [2.05, 4.69) is 5.32 Å². The predicted octanol–water partition coefficient (Wildman–Crippen LogP) is 4.04. The van der Waals surface area contributed by atoms with Crippen molar-refractivity contribution >= 4 is 34.8 Å². The molecule has 0 aliphatic carbocycles. The van der Waals surface area contributed by atoms with Crippen LogP contribution in [0.4, 0.5) is 11.4 Å². The molecule has 2 amide bonds. The number of aryl methyl sites for hydroxylation is 1. The normalized spacial score (nSPS) is 10.2. The van der Waals surface area contributed by atoms with Crippen LogP contribution in [0.5, 0.6) is 5.75 Å². The molecule has 0 spiro atoms. The SMILES string of the molecule is COc1ccc(N(CCC(=O)Nc2ccc(Cl)cc2C)C(C)=O)cc1. The van der Waals surface area contributed by atoms with Crippen LogP contribution in [0.15, 0.2) is 42.5 Å². The van der Waals surface area contributed by atoms with Gasteiger partial charge in [0.1, 0.15) is 5.75 Å². The number of nitrogens with zero attached hydrogens (tertiary/aromatic N) is 1. The molecule has 2 aromatic rings. The summed E-state index contributed by atoms with van der Waals surface area (Å²) in [5.74, 6) is 0.425. The largest absolute Gasteiger partial charge is 0.497 e. The summed E-state index contributed by atoms with van der Waals surface area (Å²) in [6.07, 6.45) is 0.188. The molecule has 25 heavy (non-hydrogen) atoms. The van der Waals surface area contributed by atoms with Gasteiger partial charge in [-0.3, -0.25) is 9.59 Å². The Morgan fingerprint density at radius 2 is 1.84 bits per heavy atom. The zero-order chi connectivity index (χ0) is 18.4. The van der Waals surface area contributed by atoms with Crippen LogP contribution in [-0.4, -0.2) is 25.5 Å². The number of nitrogens with one attached hydrogen (secondary N) is 1. The van der Waals surface area contributed by atoms with E-state index in [1.165, 1.54) is 6.92 Å². The summed E-state index contributed by atoms with van der Waals surface area (Å²) in [4.78, 5) is 25.7. The van der Waals surface area contributed by atoms with Gasteiger partial charge in [0.05, 0.1) is 7.11 Å². The van der Waals surface area contributed by atoms with Gasteiger partial charge < -0.3 is 15.0 Å². The fourth-order valence-corrected chi connectivity index (χ4v) is 2.65. The average Bonchev–Trinajstić information content (AvgIpc) is 2.58. The molecule has 0 heterocycles. The van der Waals surface area contributed by atoms with E-state index in [0.717, 1.165) is 11.3 Å². The predicted molar refractivity (Wildman–Crippen MR) is 100 cm³/mol. The van der Waals surface area contributed by atoms with Crippen molar-refractivity contribution in [3.63, 3.8) is 0 Å². The lowest BCUT2D eigenvalue weighted by Crippen LogP contribution is -2.32. The second-order valence-corrected chi connectivity index (χ2v) is 6.06. The number of halogens is 1. The van der Waals surface area contributed by atoms with Crippen LogP contribution < -0.4 is 15.0 Å². The second kappa shape index (κ2) is 8.53. The molecule has 0 aromatic heterocycles. The topological polar surface area (TPSA) is 58.6 Å². The third-order valence-corrected chi connectivity index (χ3v) is 4.02. The van der Waals surface area contributed by atoms with Gasteiger partial charge in [-0.1, -0.05) is 11.6 Å². The van der Waals surface area contributed by atoms with E-state index in [0.29, 0.717) is 23.0 Å². The van der Waals surface area contributed by atoms with E-state index < -0.39 is 0 Å². The van der Waals surface area contributed by atoms with E-state index in [-0.39, 0.29) is 18.2 Å². The van der Waals surface area contributed by atoms with Crippen LogP contribution in [0.25, 0.3) is 0 Å². The lowest BCUT2D eigenvalue weighted by Gasteiger charge is -2.21. The molecule has 2 rings (SSSR count). The molecule has 1 N–H and O–H groups in total. The van der Waals surface area contributed by atoms with Crippen LogP contribution in [0, 0.1) is 6.92 Å². The Balaban J connectivity index is 2.00. The molecule has 0 saturated heterocycles. The Morgan fingerprint density at radius 3 is 2.40 bits per heavy atom. The number of ether oxygens (including phenoxy) is 1. The molecule has 6 heteroatoms. The van der Waals surface area contributed by atoms with Gasteiger partial charge in [0, 0.05) is 36.3 Å². The number of hydrogen-bond donors (Lipinski definition) is 1. The number of benzene rings is 2. The Hall–Kier alpha value is -2.53. The minimum absolute atomic E-state index is 0.124. The first-order chi connectivity index (χ1) is 11.9. The van der Waals surface area contributed by atoms with Crippen molar-refractivity contribution in [3.8, 4) is 5.75 Å². The summed E-state index contributed by atoms with van der Waals surface area (Å²) >= 11 is 5.91. The highest BCUT2D eigenvalue weighted by molar-refractivity contribution is 6.30. The Bertz CT molecular complexity index is 760. The van der Waals surface area contributed by atoms with Gasteiger partial charge in [0.2, 0.25) is 11.8 Å². The zero-order valence-corrected chi connectivity index (χ0v) is 15.3. The highest BCUT2D eigenvalue weighted by atomic mass is 35.5. The Morgan fingerprint density at radius 1 is 1.16 bits per heavy atom. The van der Waals surface area contributed by atoms with E-state index in [4.69, 9.17) is 16.3 Å². The van der Waals surface area contributed by atoms with Crippen LogP contribution in [0.3, 0.4) is 0 Å². The van der Waals surface area contributed by atoms with Gasteiger partial charge in [-0.2, -0.15) is 0 Å². The number of methoxy groups -OCH3 is 1. The first-order valence-corrected chi connectivity index (χ1v) is 8.26. The van der Waals surface area contributed by atoms with E-state index in [9.17, 15) is 9.59 Å². The van der Waals surface area contributed by atoms with Crippen molar-refractivity contribution in [2.45, 2.75) is 20.3 Å². The third kappa shape index (κ3) is 5.22. The molecule has 2 aromatic carbocycles. The molecule has 5 nitrogen and oxygen atoms in total. The summed E-state index contributed by atoms with van der Waals surface area (Å²) < 4.78 is 5.12. The number of amides is 2. The van der Waals surface area contributed by atoms with Gasteiger partial charge in [-0.25, -0.2) is 0 Å². The summed E-state index contributed by atoms with van der Waals surface area (Å²) in [5.41, 5.74) is 2.33. The maximum Gasteiger partial charge on any atom is 0.226 e. The molecule has 0 radical (unpaired) electrons. The lowest BCUT2D eigenvalue weighted by molar-refractivity contribution is -0.117. The number of carbonyl (C=O) groups excluding carboxylic acids is 2. The number of hydrogen-bond acceptors (Lipinski definition) is 3. The summed E-state index contributed by atoms with van der Waals surface area (Å²) in [6.45, 7) is 3.65. The maximum absolute atomic E-state index is 12.2. The highest BCUT2D eigenvalue weighted by Crippen LogP contribution is 2.21. The molecule has 0 fully saturated rings. The monoisotopic (exact) mass is 360 g/mol. The molecular weight excluding hydrogens is 340 g/mol. The quantitative estimate of drug-likeness (QED) is 0.845. The Kier molecular flexibility index (Phi) is 6.42. The van der Waals surface area contributed by atoms with E-state index in [1.807, 2.05) is 6.92 Å². The summed E-state index contributed by atoms with van der Waals surface area (Å²) in [7, 11) is 1.58. The van der Waals surface area contributed by atoms with Gasteiger partial charge >= 0.3 is 0 Å². The van der Waals surface area contributed by atoms with Gasteiger partial charge in [-0.15, -0.1) is 0 Å². The van der Waals surface area contributed by atoms with Crippen molar-refractivity contribution in [2.24, 2.45) is 0 Å². The van der Waals surface area contributed by atoms with Crippen molar-refractivity contribution < 1.29 is 14.3 Å². The fourth-order valence-electron chi connectivity index (χ4n) is 2.42. The Labute approximate surface area is 152 Å². The zero-order valence-electron chi connectivity index (χ0n) is 14.5. The minimum atomic E-state index is -0.162. The van der Waals surface area contributed by atoms with E-state index >= 15 is 0 Å². The summed E-state index contributed by atoms with van der Waals surface area (Å²) in [5, 5.41) is 3.47. The second-order valence-electron chi connectivity index (χ2n) is 5.63. The molecule has 0 saturated carbocycles. The van der Waals surface area contributed by atoms with Gasteiger partial charge in [-0.05, 0) is 55.0 Å². The van der Waals surface area contributed by atoms with Crippen molar-refractivity contribution in [1.82, 2.24) is 0 Å². The van der Waals surface area contributed by atoms with Crippen molar-refractivity contribution in [3.05, 3.63) is 53.1 Å². The van der Waals surface area contributed by atoms with Crippen LogP contribution in [0.1, 0.15) is 18.9 Å². The van der Waals surface area contributed by atoms with Crippen LogP contribution >= 0.6 is 11.6 Å². The minimum Gasteiger partial charge on any atom is -0.497 e. The molecule has 0 aliphatic heterocycles. The van der Waals surface area contributed by atoms with Crippen molar-refractivity contribution in [2.75, 3.05) is 23.9 Å². The number of rotatable bonds is 6. The molecule has 0 bridgehead atoms. The first kappa shape index (κ1) is 18.8. The molecule has 0 atom stereocenters. The number of carbonyl (C=O) groups is 2. The average molecular weight is 361 g/mol. The highest BCUT2D eigenvalue weighted by Gasteiger charge is 2.14. The first-order valence-electron chi connectivity index (χ1n) is 7.89. The van der Waals surface area contributed by atoms with Crippen molar-refractivity contribution in [1.29, 1.82) is 0 Å². The molecule has 0 unspecified atom stereocenters. The standard InChI is InChI=1S/C19H21ClN2O3/c1-13-12-15(20)4-9-18(13)21-19(24)10-11-22(14(2)23)16-5-7-17(25-3)8-6-16/h4-9,12H,10-11H2,1-3H3,(H,21,24). The summed E-state index contributed by atoms with van der Waals surface area (Å²) in [6, 6.07) is 12.4.